The van der Waals surface area contributed by atoms with E-state index in [1.807, 2.05) is 0 Å². The largest absolute Gasteiger partial charge is 0.481 e. The Bertz CT molecular complexity index is 114. The first-order valence-electron chi connectivity index (χ1n) is 2.64. The van der Waals surface area contributed by atoms with Crippen LogP contribution in [-0.4, -0.2) is 35.4 Å². The summed E-state index contributed by atoms with van der Waals surface area (Å²) < 4.78 is 4.43. The maximum Gasteiger partial charge on any atom is 0.329 e. The van der Waals surface area contributed by atoms with Crippen molar-refractivity contribution in [1.82, 2.24) is 0 Å². The molecule has 0 unspecified atom stereocenters. The first-order valence-corrected chi connectivity index (χ1v) is 2.64. The normalized spacial score (nSPS) is 9.20. The third-order valence-corrected chi connectivity index (χ3v) is 0.686. The number of aliphatic carboxylic acids is 2. The second-order valence-electron chi connectivity index (χ2n) is 1.59. The zero-order valence-electron chi connectivity index (χ0n) is 5.24. The number of carboxylic acids is 2. The summed E-state index contributed by atoms with van der Waals surface area (Å²) in [4.78, 5) is 19.6. The van der Waals surface area contributed by atoms with E-state index < -0.39 is 18.5 Å². The van der Waals surface area contributed by atoms with Crippen LogP contribution in [0.3, 0.4) is 0 Å². The lowest BCUT2D eigenvalue weighted by atomic mass is 10.5. The van der Waals surface area contributed by atoms with Crippen molar-refractivity contribution in [3.05, 3.63) is 0 Å². The lowest BCUT2D eigenvalue weighted by Gasteiger charge is -1.95. The van der Waals surface area contributed by atoms with Crippen LogP contribution < -0.4 is 0 Å². The molecule has 0 amide bonds. The summed E-state index contributed by atoms with van der Waals surface area (Å²) in [7, 11) is 0. The van der Waals surface area contributed by atoms with Gasteiger partial charge in [0, 0.05) is 0 Å². The quantitative estimate of drug-likeness (QED) is 0.516. The molecule has 0 aliphatic heterocycles. The smallest absolute Gasteiger partial charge is 0.329 e. The van der Waals surface area contributed by atoms with Crippen molar-refractivity contribution in [2.75, 3.05) is 13.2 Å². The molecule has 0 atom stereocenters. The van der Waals surface area contributed by atoms with Crippen LogP contribution in [0.25, 0.3) is 0 Å². The SMILES string of the molecule is O=C(O)CCOCC(=O)O. The van der Waals surface area contributed by atoms with E-state index in [1.54, 1.807) is 0 Å². The minimum absolute atomic E-state index is 0.0539. The number of ether oxygens (including phenoxy) is 1. The lowest BCUT2D eigenvalue weighted by Crippen LogP contribution is -2.10. The van der Waals surface area contributed by atoms with E-state index >= 15 is 0 Å². The number of carbonyl (C=O) groups is 2. The molecule has 0 fully saturated rings. The summed E-state index contributed by atoms with van der Waals surface area (Å²) in [6.07, 6.45) is -0.159. The number of hydrogen-bond donors (Lipinski definition) is 2. The van der Waals surface area contributed by atoms with E-state index in [4.69, 9.17) is 10.2 Å². The second-order valence-corrected chi connectivity index (χ2v) is 1.59. The molecule has 5 nitrogen and oxygen atoms in total. The molecule has 0 saturated carbocycles. The van der Waals surface area contributed by atoms with E-state index in [-0.39, 0.29) is 13.0 Å². The third kappa shape index (κ3) is 6.90. The topological polar surface area (TPSA) is 83.8 Å². The highest BCUT2D eigenvalue weighted by molar-refractivity contribution is 5.68. The lowest BCUT2D eigenvalue weighted by molar-refractivity contribution is -0.145. The molecule has 5 heteroatoms. The molecule has 0 radical (unpaired) electrons. The van der Waals surface area contributed by atoms with Crippen molar-refractivity contribution in [3.63, 3.8) is 0 Å². The van der Waals surface area contributed by atoms with E-state index in [0.29, 0.717) is 0 Å². The van der Waals surface area contributed by atoms with Crippen LogP contribution in [0.2, 0.25) is 0 Å². The average Bonchev–Trinajstić information content (AvgIpc) is 1.79. The Labute approximate surface area is 57.2 Å². The summed E-state index contributed by atoms with van der Waals surface area (Å²) in [5.41, 5.74) is 0. The molecule has 0 aromatic carbocycles. The predicted octanol–water partition coefficient (Wildman–Crippen LogP) is -0.438. The van der Waals surface area contributed by atoms with Gasteiger partial charge < -0.3 is 14.9 Å². The Kier molecular flexibility index (Phi) is 4.23. The van der Waals surface area contributed by atoms with E-state index in [1.165, 1.54) is 0 Å². The molecular formula is C5H8O5. The Morgan fingerprint density at radius 2 is 1.80 bits per heavy atom. The van der Waals surface area contributed by atoms with Gasteiger partial charge in [-0.1, -0.05) is 0 Å². The van der Waals surface area contributed by atoms with Crippen LogP contribution in [0.4, 0.5) is 0 Å². The highest BCUT2D eigenvalue weighted by Gasteiger charge is 1.98. The minimum Gasteiger partial charge on any atom is -0.481 e. The molecule has 0 saturated heterocycles. The van der Waals surface area contributed by atoms with Crippen LogP contribution >= 0.6 is 0 Å². The minimum atomic E-state index is -1.09. The number of hydrogen-bond acceptors (Lipinski definition) is 3. The summed E-state index contributed by atoms with van der Waals surface area (Å²) in [6, 6.07) is 0. The van der Waals surface area contributed by atoms with Gasteiger partial charge in [0.15, 0.2) is 0 Å². The van der Waals surface area contributed by atoms with Crippen LogP contribution in [0.1, 0.15) is 6.42 Å². The summed E-state index contributed by atoms with van der Waals surface area (Å²) in [5.74, 6) is -2.09. The van der Waals surface area contributed by atoms with Crippen molar-refractivity contribution in [2.24, 2.45) is 0 Å². The standard InChI is InChI=1S/C5H8O5/c6-4(7)1-2-10-3-5(8)9/h1-3H2,(H,6,7)(H,8,9). The molecule has 0 spiro atoms. The van der Waals surface area contributed by atoms with Gasteiger partial charge in [-0.25, -0.2) is 4.79 Å². The van der Waals surface area contributed by atoms with Gasteiger partial charge in [-0.15, -0.1) is 0 Å². The summed E-state index contributed by atoms with van der Waals surface area (Å²) in [6.45, 7) is -0.491. The molecule has 0 aromatic rings. The second kappa shape index (κ2) is 4.75. The van der Waals surface area contributed by atoms with Gasteiger partial charge in [0.25, 0.3) is 0 Å². The Morgan fingerprint density at radius 1 is 1.20 bits per heavy atom. The van der Waals surface area contributed by atoms with Gasteiger partial charge in [-0.3, -0.25) is 4.79 Å². The van der Waals surface area contributed by atoms with E-state index in [0.717, 1.165) is 0 Å². The molecule has 2 N–H and O–H groups in total. The number of carboxylic acid groups (broad SMARTS) is 2. The Morgan fingerprint density at radius 3 is 2.20 bits per heavy atom. The van der Waals surface area contributed by atoms with Gasteiger partial charge in [0.05, 0.1) is 13.0 Å². The summed E-state index contributed by atoms with van der Waals surface area (Å²) in [5, 5.41) is 16.1. The van der Waals surface area contributed by atoms with Crippen molar-refractivity contribution in [3.8, 4) is 0 Å². The monoisotopic (exact) mass is 148 g/mol. The molecule has 0 aliphatic rings. The van der Waals surface area contributed by atoms with Crippen molar-refractivity contribution in [1.29, 1.82) is 0 Å². The van der Waals surface area contributed by atoms with Crippen molar-refractivity contribution in [2.45, 2.75) is 6.42 Å². The highest BCUT2D eigenvalue weighted by Crippen LogP contribution is 1.81. The molecule has 0 heterocycles. The van der Waals surface area contributed by atoms with Crippen LogP contribution in [0.15, 0.2) is 0 Å². The maximum absolute atomic E-state index is 9.82. The number of rotatable bonds is 5. The highest BCUT2D eigenvalue weighted by atomic mass is 16.5. The zero-order valence-corrected chi connectivity index (χ0v) is 5.24. The summed E-state index contributed by atoms with van der Waals surface area (Å²) >= 11 is 0. The fourth-order valence-corrected chi connectivity index (χ4v) is 0.319. The van der Waals surface area contributed by atoms with Gasteiger partial charge in [0.1, 0.15) is 6.61 Å². The van der Waals surface area contributed by atoms with Crippen LogP contribution in [0, 0.1) is 0 Å². The van der Waals surface area contributed by atoms with E-state index in [2.05, 4.69) is 4.74 Å². The fraction of sp³-hybridized carbons (Fsp3) is 0.600. The zero-order chi connectivity index (χ0) is 7.98. The Hall–Kier alpha value is -1.10. The van der Waals surface area contributed by atoms with Gasteiger partial charge >= 0.3 is 11.9 Å². The Balaban J connectivity index is 3.06. The molecule has 10 heavy (non-hydrogen) atoms. The van der Waals surface area contributed by atoms with Crippen molar-refractivity contribution >= 4 is 11.9 Å². The van der Waals surface area contributed by atoms with Gasteiger partial charge in [0.2, 0.25) is 0 Å². The van der Waals surface area contributed by atoms with Gasteiger partial charge in [-0.2, -0.15) is 0 Å². The first kappa shape index (κ1) is 8.90. The van der Waals surface area contributed by atoms with Crippen molar-refractivity contribution < 1.29 is 24.5 Å². The van der Waals surface area contributed by atoms with Crippen LogP contribution in [0.5, 0.6) is 0 Å². The molecule has 0 rings (SSSR count). The molecule has 0 bridgehead atoms. The fourth-order valence-electron chi connectivity index (χ4n) is 0.319. The average molecular weight is 148 g/mol. The first-order chi connectivity index (χ1) is 4.63. The molecular weight excluding hydrogens is 140 g/mol. The molecule has 0 aliphatic carbocycles. The van der Waals surface area contributed by atoms with E-state index in [9.17, 15) is 9.59 Å². The third-order valence-electron chi connectivity index (χ3n) is 0.686. The van der Waals surface area contributed by atoms with Crippen LogP contribution in [-0.2, 0) is 14.3 Å². The molecule has 58 valence electrons. The molecule has 0 aromatic heterocycles. The van der Waals surface area contributed by atoms with Gasteiger partial charge in [-0.05, 0) is 0 Å². The predicted molar refractivity (Wildman–Crippen MR) is 30.7 cm³/mol. The maximum atomic E-state index is 9.82.